The minimum atomic E-state index is -1.06. The summed E-state index contributed by atoms with van der Waals surface area (Å²) in [6.07, 6.45) is -0.178. The van der Waals surface area contributed by atoms with Gasteiger partial charge in [-0.25, -0.2) is 0 Å². The molecule has 13 nitrogen and oxygen atoms in total. The number of carboxylic acid groups (broad SMARTS) is 4. The van der Waals surface area contributed by atoms with E-state index in [9.17, 15) is 44.7 Å². The highest BCUT2D eigenvalue weighted by Crippen LogP contribution is 2.15. The molecule has 5 N–H and O–H groups in total. The lowest BCUT2D eigenvalue weighted by Crippen LogP contribution is -2.52. The Hall–Kier alpha value is -2.32. The van der Waals surface area contributed by atoms with E-state index < -0.39 is 36.0 Å². The van der Waals surface area contributed by atoms with Crippen LogP contribution in [0.2, 0.25) is 0 Å². The summed E-state index contributed by atoms with van der Waals surface area (Å²) in [4.78, 5) is 52.7. The van der Waals surface area contributed by atoms with Crippen molar-refractivity contribution in [1.29, 1.82) is 0 Å². The zero-order valence-corrected chi connectivity index (χ0v) is 20.6. The van der Waals surface area contributed by atoms with Crippen LogP contribution < -0.4 is 0 Å². The molecule has 1 rings (SSSR count). The van der Waals surface area contributed by atoms with Crippen molar-refractivity contribution in [3.05, 3.63) is 0 Å². The van der Waals surface area contributed by atoms with Crippen molar-refractivity contribution in [3.63, 3.8) is 0 Å². The maximum Gasteiger partial charge on any atom is 0.320 e. The van der Waals surface area contributed by atoms with Crippen molar-refractivity contribution in [1.82, 2.24) is 19.6 Å². The van der Waals surface area contributed by atoms with Gasteiger partial charge in [0.2, 0.25) is 0 Å². The Labute approximate surface area is 205 Å². The molecule has 0 amide bonds. The second-order valence-corrected chi connectivity index (χ2v) is 9.29. The van der Waals surface area contributed by atoms with E-state index in [0.29, 0.717) is 0 Å². The van der Waals surface area contributed by atoms with Gasteiger partial charge in [0, 0.05) is 52.4 Å². The molecule has 35 heavy (non-hydrogen) atoms. The quantitative estimate of drug-likeness (QED) is 0.212. The molecule has 0 radical (unpaired) electrons. The Morgan fingerprint density at radius 1 is 0.629 bits per heavy atom. The van der Waals surface area contributed by atoms with Gasteiger partial charge in [0.05, 0.1) is 25.7 Å². The molecule has 13 heteroatoms. The first kappa shape index (κ1) is 30.7. The second kappa shape index (κ2) is 15.6. The Morgan fingerprint density at radius 3 is 1.26 bits per heavy atom. The molecule has 0 aromatic heterocycles. The Kier molecular flexibility index (Phi) is 13.7. The van der Waals surface area contributed by atoms with Gasteiger partial charge in [-0.3, -0.25) is 38.8 Å². The van der Waals surface area contributed by atoms with E-state index in [0.717, 1.165) is 0 Å². The molecule has 1 aliphatic heterocycles. The fourth-order valence-electron chi connectivity index (χ4n) is 4.04. The minimum Gasteiger partial charge on any atom is -0.480 e. The van der Waals surface area contributed by atoms with Gasteiger partial charge in [0.25, 0.3) is 0 Å². The first-order valence-electron chi connectivity index (χ1n) is 11.9. The first-order chi connectivity index (χ1) is 16.4. The van der Waals surface area contributed by atoms with Crippen LogP contribution in [0.1, 0.15) is 26.7 Å². The molecule has 1 unspecified atom stereocenters. The number of carboxylic acids is 4. The molecule has 202 valence electrons. The van der Waals surface area contributed by atoms with Crippen molar-refractivity contribution in [2.75, 3.05) is 72.0 Å². The van der Waals surface area contributed by atoms with Crippen LogP contribution in [0.4, 0.5) is 0 Å². The fraction of sp³-hybridized carbons (Fsp3) is 0.818. The molecule has 2 atom stereocenters. The zero-order valence-electron chi connectivity index (χ0n) is 20.6. The lowest BCUT2D eigenvalue weighted by molar-refractivity contribution is -0.145. The molecule has 1 fully saturated rings. The van der Waals surface area contributed by atoms with Crippen molar-refractivity contribution in [2.24, 2.45) is 5.92 Å². The topological polar surface area (TPSA) is 182 Å². The summed E-state index contributed by atoms with van der Waals surface area (Å²) >= 11 is 0. The predicted molar refractivity (Wildman–Crippen MR) is 125 cm³/mol. The van der Waals surface area contributed by atoms with Gasteiger partial charge in [-0.05, 0) is 18.8 Å². The van der Waals surface area contributed by atoms with Gasteiger partial charge in [-0.2, -0.15) is 0 Å². The summed E-state index contributed by atoms with van der Waals surface area (Å²) in [5, 5.41) is 47.9. The van der Waals surface area contributed by atoms with Gasteiger partial charge >= 0.3 is 23.9 Å². The number of rotatable bonds is 12. The maximum absolute atomic E-state index is 12.1. The summed E-state index contributed by atoms with van der Waals surface area (Å²) in [6.45, 7) is 4.87. The lowest BCUT2D eigenvalue weighted by atomic mass is 9.99. The van der Waals surface area contributed by atoms with E-state index in [-0.39, 0.29) is 90.8 Å². The zero-order chi connectivity index (χ0) is 26.5. The largest absolute Gasteiger partial charge is 0.480 e. The summed E-state index contributed by atoms with van der Waals surface area (Å²) in [6, 6.07) is -0.923. The number of aliphatic hydroxyl groups excluding tert-OH is 1. The lowest BCUT2D eigenvalue weighted by Gasteiger charge is -2.35. The van der Waals surface area contributed by atoms with E-state index in [2.05, 4.69) is 0 Å². The summed E-state index contributed by atoms with van der Waals surface area (Å²) in [5.74, 6) is -4.21. The molecule has 0 aromatic carbocycles. The average molecular weight is 505 g/mol. The van der Waals surface area contributed by atoms with Crippen LogP contribution >= 0.6 is 0 Å². The number of aliphatic carboxylic acids is 4. The molecule has 0 spiro atoms. The fourth-order valence-corrected chi connectivity index (χ4v) is 4.04. The SMILES string of the molecule is CC(C)C(O)CC[C@H](C(=O)O)N1CCN(CC(=O)O)CCN(CC(=O)O)CCN(CC(=O)O)CC1. The Morgan fingerprint density at radius 2 is 0.971 bits per heavy atom. The minimum absolute atomic E-state index is 0.0263. The molecule has 0 aromatic rings. The summed E-state index contributed by atoms with van der Waals surface area (Å²) in [7, 11) is 0. The third-order valence-electron chi connectivity index (χ3n) is 6.18. The van der Waals surface area contributed by atoms with Crippen molar-refractivity contribution < 1.29 is 44.7 Å². The molecular formula is C22H40N4O9. The maximum atomic E-state index is 12.1. The van der Waals surface area contributed by atoms with Crippen LogP contribution in [0.15, 0.2) is 0 Å². The van der Waals surface area contributed by atoms with E-state index in [1.54, 1.807) is 19.6 Å². The van der Waals surface area contributed by atoms with Crippen LogP contribution in [-0.4, -0.2) is 153 Å². The molecule has 1 aliphatic rings. The third kappa shape index (κ3) is 12.8. The van der Waals surface area contributed by atoms with E-state index in [4.69, 9.17) is 0 Å². The predicted octanol–water partition coefficient (Wildman–Crippen LogP) is -1.29. The molecular weight excluding hydrogens is 464 g/mol. The number of carbonyl (C=O) groups is 4. The standard InChI is InChI=1S/C22H40N4O9/c1-16(2)18(27)4-3-17(22(34)35)26-11-9-24(14-20(30)31)7-5-23(13-19(28)29)6-8-25(10-12-26)15-21(32)33/h16-18,27H,3-15H2,1-2H3,(H,28,29)(H,30,31)(H,32,33)(H,34,35)/t17-,18?/m1/s1. The molecule has 0 bridgehead atoms. The number of nitrogens with zero attached hydrogens (tertiary/aromatic N) is 4. The van der Waals surface area contributed by atoms with Gasteiger partial charge in [-0.1, -0.05) is 13.8 Å². The van der Waals surface area contributed by atoms with E-state index in [1.165, 1.54) is 0 Å². The van der Waals surface area contributed by atoms with Gasteiger partial charge in [0.15, 0.2) is 0 Å². The number of aliphatic hydroxyl groups is 1. The third-order valence-corrected chi connectivity index (χ3v) is 6.18. The normalized spacial score (nSPS) is 20.0. The van der Waals surface area contributed by atoms with Crippen LogP contribution in [0.25, 0.3) is 0 Å². The summed E-state index contributed by atoms with van der Waals surface area (Å²) < 4.78 is 0. The van der Waals surface area contributed by atoms with Gasteiger partial charge in [0.1, 0.15) is 6.04 Å². The van der Waals surface area contributed by atoms with Crippen molar-refractivity contribution in [2.45, 2.75) is 38.8 Å². The van der Waals surface area contributed by atoms with E-state index >= 15 is 0 Å². The van der Waals surface area contributed by atoms with Crippen LogP contribution in [0, 0.1) is 5.92 Å². The number of hydrogen-bond acceptors (Lipinski definition) is 9. The Bertz CT molecular complexity index is 674. The highest BCUT2D eigenvalue weighted by Gasteiger charge is 2.28. The molecule has 1 heterocycles. The van der Waals surface area contributed by atoms with Crippen molar-refractivity contribution >= 4 is 23.9 Å². The highest BCUT2D eigenvalue weighted by molar-refractivity contribution is 5.73. The average Bonchev–Trinajstić information content (AvgIpc) is 2.73. The van der Waals surface area contributed by atoms with Gasteiger partial charge < -0.3 is 25.5 Å². The number of hydrogen-bond donors (Lipinski definition) is 5. The Balaban J connectivity index is 3.12. The monoisotopic (exact) mass is 504 g/mol. The van der Waals surface area contributed by atoms with Crippen LogP contribution in [0.3, 0.4) is 0 Å². The van der Waals surface area contributed by atoms with E-state index in [1.807, 2.05) is 13.8 Å². The smallest absolute Gasteiger partial charge is 0.320 e. The van der Waals surface area contributed by atoms with Gasteiger partial charge in [-0.15, -0.1) is 0 Å². The highest BCUT2D eigenvalue weighted by atomic mass is 16.4. The molecule has 0 aliphatic carbocycles. The first-order valence-corrected chi connectivity index (χ1v) is 11.9. The van der Waals surface area contributed by atoms with Crippen LogP contribution in [0.5, 0.6) is 0 Å². The molecule has 1 saturated heterocycles. The molecule has 0 saturated carbocycles. The van der Waals surface area contributed by atoms with Crippen molar-refractivity contribution in [3.8, 4) is 0 Å². The summed E-state index contributed by atoms with van der Waals surface area (Å²) in [5.41, 5.74) is 0. The van der Waals surface area contributed by atoms with Crippen LogP contribution in [-0.2, 0) is 19.2 Å². The second-order valence-electron chi connectivity index (χ2n) is 9.29.